The van der Waals surface area contributed by atoms with Gasteiger partial charge in [-0.05, 0) is 30.3 Å². The number of pyridine rings is 1. The molecule has 6 nitrogen and oxygen atoms in total. The number of hydrogen-bond acceptors (Lipinski definition) is 5. The summed E-state index contributed by atoms with van der Waals surface area (Å²) >= 11 is 0. The van der Waals surface area contributed by atoms with E-state index in [1.807, 2.05) is 0 Å². The summed E-state index contributed by atoms with van der Waals surface area (Å²) in [6.45, 7) is 0. The number of benzene rings is 1. The average Bonchev–Trinajstić information content (AvgIpc) is 2.39. The van der Waals surface area contributed by atoms with Crippen molar-refractivity contribution in [3.63, 3.8) is 0 Å². The first-order chi connectivity index (χ1) is 9.44. The van der Waals surface area contributed by atoms with Gasteiger partial charge in [0.2, 0.25) is 5.03 Å². The van der Waals surface area contributed by atoms with Gasteiger partial charge in [0, 0.05) is 11.9 Å². The second-order valence-electron chi connectivity index (χ2n) is 3.86. The SMILES string of the molecule is COc1ccc(N)cc1NS(=O)(=O)c1ncccc1F. The van der Waals surface area contributed by atoms with Gasteiger partial charge in [-0.1, -0.05) is 0 Å². The van der Waals surface area contributed by atoms with Crippen LogP contribution in [0.1, 0.15) is 0 Å². The van der Waals surface area contributed by atoms with E-state index in [0.29, 0.717) is 5.69 Å². The Morgan fingerprint density at radius 3 is 2.75 bits per heavy atom. The van der Waals surface area contributed by atoms with E-state index in [9.17, 15) is 12.8 Å². The first-order valence-electron chi connectivity index (χ1n) is 5.51. The van der Waals surface area contributed by atoms with Crippen molar-refractivity contribution in [1.29, 1.82) is 0 Å². The highest BCUT2D eigenvalue weighted by molar-refractivity contribution is 7.92. The van der Waals surface area contributed by atoms with Crippen LogP contribution < -0.4 is 15.2 Å². The van der Waals surface area contributed by atoms with Gasteiger partial charge in [-0.15, -0.1) is 0 Å². The Labute approximate surface area is 115 Å². The highest BCUT2D eigenvalue weighted by Gasteiger charge is 2.22. The molecule has 1 aromatic carbocycles. The molecule has 1 heterocycles. The maximum absolute atomic E-state index is 13.5. The summed E-state index contributed by atoms with van der Waals surface area (Å²) in [5.74, 6) is -0.679. The van der Waals surface area contributed by atoms with Gasteiger partial charge in [0.1, 0.15) is 5.75 Å². The number of aromatic nitrogens is 1. The third-order valence-electron chi connectivity index (χ3n) is 2.45. The highest BCUT2D eigenvalue weighted by atomic mass is 32.2. The molecule has 106 valence electrons. The summed E-state index contributed by atoms with van der Waals surface area (Å²) in [6.07, 6.45) is 1.19. The normalized spacial score (nSPS) is 11.1. The molecule has 2 aromatic rings. The van der Waals surface area contributed by atoms with Gasteiger partial charge in [0.05, 0.1) is 12.8 Å². The fraction of sp³-hybridized carbons (Fsp3) is 0.0833. The van der Waals surface area contributed by atoms with E-state index in [1.165, 1.54) is 31.5 Å². The average molecular weight is 297 g/mol. The van der Waals surface area contributed by atoms with Gasteiger partial charge < -0.3 is 10.5 Å². The molecule has 3 N–H and O–H groups in total. The monoisotopic (exact) mass is 297 g/mol. The van der Waals surface area contributed by atoms with E-state index >= 15 is 0 Å². The molecular weight excluding hydrogens is 285 g/mol. The fourth-order valence-electron chi connectivity index (χ4n) is 1.57. The summed E-state index contributed by atoms with van der Waals surface area (Å²) in [6, 6.07) is 6.74. The summed E-state index contributed by atoms with van der Waals surface area (Å²) in [4.78, 5) is 3.53. The van der Waals surface area contributed by atoms with Gasteiger partial charge in [-0.3, -0.25) is 4.72 Å². The van der Waals surface area contributed by atoms with Gasteiger partial charge >= 0.3 is 0 Å². The highest BCUT2D eigenvalue weighted by Crippen LogP contribution is 2.28. The summed E-state index contributed by atoms with van der Waals surface area (Å²) in [5, 5.41) is -0.690. The van der Waals surface area contributed by atoms with Crippen LogP contribution in [0.4, 0.5) is 15.8 Å². The van der Waals surface area contributed by atoms with Crippen molar-refractivity contribution in [2.24, 2.45) is 0 Å². The lowest BCUT2D eigenvalue weighted by molar-refractivity contribution is 0.417. The van der Waals surface area contributed by atoms with Crippen LogP contribution in [0.25, 0.3) is 0 Å². The molecule has 0 saturated carbocycles. The van der Waals surface area contributed by atoms with Crippen LogP contribution in [0, 0.1) is 5.82 Å². The van der Waals surface area contributed by atoms with Crippen molar-refractivity contribution in [2.45, 2.75) is 5.03 Å². The number of nitrogens with zero attached hydrogens (tertiary/aromatic N) is 1. The topological polar surface area (TPSA) is 94.3 Å². The first-order valence-corrected chi connectivity index (χ1v) is 6.99. The number of halogens is 1. The second-order valence-corrected chi connectivity index (χ2v) is 5.45. The molecule has 0 spiro atoms. The largest absolute Gasteiger partial charge is 0.495 e. The Bertz CT molecular complexity index is 734. The molecule has 0 atom stereocenters. The number of sulfonamides is 1. The molecule has 0 aliphatic heterocycles. The minimum atomic E-state index is -4.17. The van der Waals surface area contributed by atoms with Crippen molar-refractivity contribution >= 4 is 21.4 Å². The van der Waals surface area contributed by atoms with E-state index in [1.54, 1.807) is 6.07 Å². The van der Waals surface area contributed by atoms with E-state index in [4.69, 9.17) is 10.5 Å². The molecule has 0 amide bonds. The second kappa shape index (κ2) is 5.33. The number of nitrogens with two attached hydrogens (primary N) is 1. The fourth-order valence-corrected chi connectivity index (χ4v) is 2.64. The van der Waals surface area contributed by atoms with E-state index < -0.39 is 20.9 Å². The molecule has 0 radical (unpaired) electrons. The van der Waals surface area contributed by atoms with Crippen LogP contribution in [0.3, 0.4) is 0 Å². The predicted octanol–water partition coefficient (Wildman–Crippen LogP) is 1.61. The first kappa shape index (κ1) is 14.1. The number of anilines is 2. The lowest BCUT2D eigenvalue weighted by Crippen LogP contribution is -2.16. The maximum Gasteiger partial charge on any atom is 0.282 e. The maximum atomic E-state index is 13.5. The number of nitrogen functional groups attached to an aromatic ring is 1. The van der Waals surface area contributed by atoms with Crippen molar-refractivity contribution < 1.29 is 17.5 Å². The van der Waals surface area contributed by atoms with Crippen molar-refractivity contribution in [3.8, 4) is 5.75 Å². The smallest absolute Gasteiger partial charge is 0.282 e. The Balaban J connectivity index is 2.44. The Morgan fingerprint density at radius 1 is 1.35 bits per heavy atom. The molecule has 8 heteroatoms. The van der Waals surface area contributed by atoms with Gasteiger partial charge in [-0.2, -0.15) is 8.42 Å². The number of hydrogen-bond donors (Lipinski definition) is 2. The molecule has 2 rings (SSSR count). The third-order valence-corrected chi connectivity index (χ3v) is 3.75. The van der Waals surface area contributed by atoms with Gasteiger partial charge in [-0.25, -0.2) is 9.37 Å². The van der Waals surface area contributed by atoms with E-state index in [2.05, 4.69) is 9.71 Å². The van der Waals surface area contributed by atoms with E-state index in [-0.39, 0.29) is 11.4 Å². The van der Waals surface area contributed by atoms with E-state index in [0.717, 1.165) is 6.07 Å². The zero-order valence-corrected chi connectivity index (χ0v) is 11.3. The Morgan fingerprint density at radius 2 is 2.10 bits per heavy atom. The van der Waals surface area contributed by atoms with Crippen molar-refractivity contribution in [1.82, 2.24) is 4.98 Å². The Kier molecular flexibility index (Phi) is 3.75. The molecular formula is C12H12FN3O3S. The molecule has 0 bridgehead atoms. The molecule has 20 heavy (non-hydrogen) atoms. The summed E-state index contributed by atoms with van der Waals surface area (Å²) in [7, 11) is -2.79. The van der Waals surface area contributed by atoms with Crippen molar-refractivity contribution in [3.05, 3.63) is 42.3 Å². The standard InChI is InChI=1S/C12H12FN3O3S/c1-19-11-5-4-8(14)7-10(11)16-20(17,18)12-9(13)3-2-6-15-12/h2-7,16H,14H2,1H3. The zero-order chi connectivity index (χ0) is 14.8. The van der Waals surface area contributed by atoms with Crippen LogP contribution in [0.15, 0.2) is 41.6 Å². The number of ether oxygens (including phenoxy) is 1. The molecule has 1 aromatic heterocycles. The minimum absolute atomic E-state index is 0.109. The van der Waals surface area contributed by atoms with Gasteiger partial charge in [0.15, 0.2) is 5.82 Å². The predicted molar refractivity (Wildman–Crippen MR) is 72.4 cm³/mol. The third kappa shape index (κ3) is 2.80. The molecule has 0 unspecified atom stereocenters. The van der Waals surface area contributed by atoms with Crippen LogP contribution in [0.2, 0.25) is 0 Å². The molecule has 0 saturated heterocycles. The summed E-state index contributed by atoms with van der Waals surface area (Å²) < 4.78 is 44.9. The molecule has 0 aliphatic carbocycles. The van der Waals surface area contributed by atoms with Crippen LogP contribution in [-0.2, 0) is 10.0 Å². The lowest BCUT2D eigenvalue weighted by atomic mass is 10.2. The van der Waals surface area contributed by atoms with Crippen LogP contribution in [-0.4, -0.2) is 20.5 Å². The van der Waals surface area contributed by atoms with Crippen LogP contribution >= 0.6 is 0 Å². The van der Waals surface area contributed by atoms with Crippen LogP contribution in [0.5, 0.6) is 5.75 Å². The lowest BCUT2D eigenvalue weighted by Gasteiger charge is -2.12. The quantitative estimate of drug-likeness (QED) is 0.836. The molecule has 0 aliphatic rings. The van der Waals surface area contributed by atoms with Crippen molar-refractivity contribution in [2.75, 3.05) is 17.6 Å². The Hall–Kier alpha value is -2.35. The van der Waals surface area contributed by atoms with Gasteiger partial charge in [0.25, 0.3) is 10.0 Å². The number of methoxy groups -OCH3 is 1. The summed E-state index contributed by atoms with van der Waals surface area (Å²) in [5.41, 5.74) is 6.04. The minimum Gasteiger partial charge on any atom is -0.495 e. The number of rotatable bonds is 4. The zero-order valence-electron chi connectivity index (χ0n) is 10.5. The molecule has 0 fully saturated rings. The number of nitrogens with one attached hydrogen (secondary N) is 1.